The summed E-state index contributed by atoms with van der Waals surface area (Å²) in [5, 5.41) is 14.9. The summed E-state index contributed by atoms with van der Waals surface area (Å²) in [5.74, 6) is 1.71. The Morgan fingerprint density at radius 1 is 1.27 bits per heavy atom. The summed E-state index contributed by atoms with van der Waals surface area (Å²) < 4.78 is 3.20. The van der Waals surface area contributed by atoms with Gasteiger partial charge in [-0.25, -0.2) is 4.99 Å². The number of aryl methyl sites for hydroxylation is 1. The Hall–Kier alpha value is -1.16. The Bertz CT molecular complexity index is 741. The second kappa shape index (κ2) is 9.68. The van der Waals surface area contributed by atoms with E-state index < -0.39 is 0 Å². The van der Waals surface area contributed by atoms with Gasteiger partial charge in [0.05, 0.1) is 0 Å². The van der Waals surface area contributed by atoms with Crippen molar-refractivity contribution in [2.75, 3.05) is 13.1 Å². The summed E-state index contributed by atoms with van der Waals surface area (Å²) in [6, 6.07) is 8.50. The Morgan fingerprint density at radius 2 is 2.04 bits per heavy atom. The Kier molecular flexibility index (Phi) is 7.87. The Balaban J connectivity index is 0.00000243. The van der Waals surface area contributed by atoms with Gasteiger partial charge >= 0.3 is 0 Å². The average Bonchev–Trinajstić information content (AvgIpc) is 3.27. The number of hydrogen-bond donors (Lipinski definition) is 2. The summed E-state index contributed by atoms with van der Waals surface area (Å²) in [5.41, 5.74) is 1.59. The van der Waals surface area contributed by atoms with Crippen LogP contribution in [-0.2, 0) is 18.5 Å². The first-order valence-electron chi connectivity index (χ1n) is 8.82. The van der Waals surface area contributed by atoms with Crippen LogP contribution in [-0.4, -0.2) is 33.8 Å². The van der Waals surface area contributed by atoms with Crippen LogP contribution in [0.2, 0.25) is 0 Å². The molecule has 3 rings (SSSR count). The van der Waals surface area contributed by atoms with Gasteiger partial charge in [-0.3, -0.25) is 0 Å². The van der Waals surface area contributed by atoms with Gasteiger partial charge in [-0.05, 0) is 38.3 Å². The minimum atomic E-state index is 0. The lowest BCUT2D eigenvalue weighted by atomic mass is 9.96. The molecule has 1 saturated carbocycles. The first-order valence-corrected chi connectivity index (χ1v) is 9.61. The van der Waals surface area contributed by atoms with E-state index in [2.05, 4.69) is 79.9 Å². The highest BCUT2D eigenvalue weighted by atomic mass is 127. The number of rotatable bonds is 7. The van der Waals surface area contributed by atoms with E-state index in [-0.39, 0.29) is 29.4 Å². The standard InChI is InChI=1S/C18H25BrN6.HI/c1-3-20-17(21-11-16-24-23-13-25(16)4-2)22-12-18(9-10-18)14-7-5-6-8-15(14)19;/h5-8,13H,3-4,9-12H2,1-2H3,(H2,20,21,22);1H. The number of guanidine groups is 1. The second-order valence-electron chi connectivity index (χ2n) is 6.34. The molecule has 1 aliphatic carbocycles. The van der Waals surface area contributed by atoms with E-state index >= 15 is 0 Å². The van der Waals surface area contributed by atoms with Gasteiger partial charge < -0.3 is 15.2 Å². The molecule has 6 nitrogen and oxygen atoms in total. The largest absolute Gasteiger partial charge is 0.357 e. The van der Waals surface area contributed by atoms with Crippen LogP contribution in [0.4, 0.5) is 0 Å². The van der Waals surface area contributed by atoms with E-state index in [0.717, 1.165) is 31.4 Å². The van der Waals surface area contributed by atoms with Crippen molar-refractivity contribution in [1.82, 2.24) is 25.4 Å². The fraction of sp³-hybridized carbons (Fsp3) is 0.500. The molecule has 26 heavy (non-hydrogen) atoms. The molecule has 0 radical (unpaired) electrons. The lowest BCUT2D eigenvalue weighted by Gasteiger charge is -2.20. The molecule has 2 N–H and O–H groups in total. The van der Waals surface area contributed by atoms with Crippen molar-refractivity contribution in [2.45, 2.75) is 45.2 Å². The number of nitrogens with zero attached hydrogens (tertiary/aromatic N) is 4. The quantitative estimate of drug-likeness (QED) is 0.325. The van der Waals surface area contributed by atoms with Crippen LogP contribution < -0.4 is 10.6 Å². The van der Waals surface area contributed by atoms with Gasteiger partial charge in [0.1, 0.15) is 12.9 Å². The van der Waals surface area contributed by atoms with Crippen molar-refractivity contribution in [1.29, 1.82) is 0 Å². The van der Waals surface area contributed by atoms with Crippen LogP contribution in [0.3, 0.4) is 0 Å². The zero-order valence-electron chi connectivity index (χ0n) is 15.2. The van der Waals surface area contributed by atoms with Crippen molar-refractivity contribution in [3.63, 3.8) is 0 Å². The van der Waals surface area contributed by atoms with E-state index in [9.17, 15) is 0 Å². The molecule has 0 aliphatic heterocycles. The molecule has 8 heteroatoms. The van der Waals surface area contributed by atoms with Gasteiger partial charge in [-0.15, -0.1) is 34.2 Å². The smallest absolute Gasteiger partial charge is 0.191 e. The van der Waals surface area contributed by atoms with Crippen molar-refractivity contribution in [3.8, 4) is 0 Å². The molecule has 1 aromatic heterocycles. The third kappa shape index (κ3) is 4.97. The zero-order chi connectivity index (χ0) is 17.7. The van der Waals surface area contributed by atoms with Crippen LogP contribution in [0, 0.1) is 0 Å². The van der Waals surface area contributed by atoms with Gasteiger partial charge in [0.15, 0.2) is 11.8 Å². The predicted molar refractivity (Wildman–Crippen MR) is 119 cm³/mol. The molecule has 0 bridgehead atoms. The zero-order valence-corrected chi connectivity index (χ0v) is 19.1. The molecule has 0 saturated heterocycles. The number of hydrogen-bond acceptors (Lipinski definition) is 3. The molecule has 142 valence electrons. The normalized spacial score (nSPS) is 15.3. The lowest BCUT2D eigenvalue weighted by Crippen LogP contribution is -2.41. The number of benzene rings is 1. The maximum atomic E-state index is 4.67. The highest BCUT2D eigenvalue weighted by Crippen LogP contribution is 2.49. The molecule has 0 atom stereocenters. The van der Waals surface area contributed by atoms with Crippen molar-refractivity contribution >= 4 is 45.9 Å². The monoisotopic (exact) mass is 532 g/mol. The number of aromatic nitrogens is 3. The van der Waals surface area contributed by atoms with Gasteiger partial charge in [0, 0.05) is 29.5 Å². The summed E-state index contributed by atoms with van der Waals surface area (Å²) in [6.07, 6.45) is 4.15. The fourth-order valence-electron chi connectivity index (χ4n) is 2.99. The van der Waals surface area contributed by atoms with Crippen LogP contribution in [0.5, 0.6) is 0 Å². The SMILES string of the molecule is CCNC(=NCc1nncn1CC)NCC1(c2ccccc2Br)CC1.I. The molecule has 1 fully saturated rings. The molecule has 2 aromatic rings. The highest BCUT2D eigenvalue weighted by Gasteiger charge is 2.45. The maximum Gasteiger partial charge on any atom is 0.191 e. The van der Waals surface area contributed by atoms with Crippen LogP contribution in [0.25, 0.3) is 0 Å². The van der Waals surface area contributed by atoms with E-state index in [0.29, 0.717) is 6.54 Å². The van der Waals surface area contributed by atoms with E-state index in [1.165, 1.54) is 22.9 Å². The summed E-state index contributed by atoms with van der Waals surface area (Å²) >= 11 is 3.69. The van der Waals surface area contributed by atoms with Crippen molar-refractivity contribution < 1.29 is 0 Å². The van der Waals surface area contributed by atoms with E-state index in [4.69, 9.17) is 0 Å². The molecule has 0 unspecified atom stereocenters. The van der Waals surface area contributed by atoms with Gasteiger partial charge in [0.25, 0.3) is 0 Å². The highest BCUT2D eigenvalue weighted by molar-refractivity contribution is 14.0. The lowest BCUT2D eigenvalue weighted by molar-refractivity contribution is 0.640. The molecular weight excluding hydrogens is 507 g/mol. The Labute approximate surface area is 180 Å². The van der Waals surface area contributed by atoms with Gasteiger partial charge in [-0.2, -0.15) is 0 Å². The van der Waals surface area contributed by atoms with Gasteiger partial charge in [0.2, 0.25) is 0 Å². The van der Waals surface area contributed by atoms with Crippen LogP contribution in [0.1, 0.15) is 38.1 Å². The van der Waals surface area contributed by atoms with E-state index in [1.54, 1.807) is 6.33 Å². The first kappa shape index (κ1) is 21.1. The third-order valence-corrected chi connectivity index (χ3v) is 5.34. The topological polar surface area (TPSA) is 67.1 Å². The third-order valence-electron chi connectivity index (χ3n) is 4.65. The molecule has 0 amide bonds. The summed E-state index contributed by atoms with van der Waals surface area (Å²) in [7, 11) is 0. The molecular formula is C18H26BrIN6. The minimum absolute atomic E-state index is 0. The van der Waals surface area contributed by atoms with Crippen LogP contribution >= 0.6 is 39.9 Å². The number of halogens is 2. The van der Waals surface area contributed by atoms with E-state index in [1.807, 2.05) is 4.57 Å². The van der Waals surface area contributed by atoms with Gasteiger partial charge in [-0.1, -0.05) is 34.1 Å². The Morgan fingerprint density at radius 3 is 2.69 bits per heavy atom. The molecule has 0 spiro atoms. The average molecular weight is 533 g/mol. The van der Waals surface area contributed by atoms with Crippen molar-refractivity contribution in [2.24, 2.45) is 4.99 Å². The second-order valence-corrected chi connectivity index (χ2v) is 7.20. The minimum Gasteiger partial charge on any atom is -0.357 e. The molecule has 1 aliphatic rings. The number of nitrogens with one attached hydrogen (secondary N) is 2. The fourth-order valence-corrected chi connectivity index (χ4v) is 3.70. The molecule has 1 aromatic carbocycles. The predicted octanol–water partition coefficient (Wildman–Crippen LogP) is 3.47. The molecule has 1 heterocycles. The first-order chi connectivity index (χ1) is 12.2. The summed E-state index contributed by atoms with van der Waals surface area (Å²) in [4.78, 5) is 4.67. The number of aliphatic imine (C=N–C) groups is 1. The summed E-state index contributed by atoms with van der Waals surface area (Å²) in [6.45, 7) is 7.23. The van der Waals surface area contributed by atoms with Crippen LogP contribution in [0.15, 0.2) is 40.1 Å². The maximum absolute atomic E-state index is 4.67. The van der Waals surface area contributed by atoms with Crippen molar-refractivity contribution in [3.05, 3.63) is 46.5 Å².